The number of ether oxygens (including phenoxy) is 2. The van der Waals surface area contributed by atoms with Crippen molar-refractivity contribution in [2.24, 2.45) is 0 Å². The van der Waals surface area contributed by atoms with Crippen LogP contribution in [0.25, 0.3) is 0 Å². The Labute approximate surface area is 118 Å². The highest BCUT2D eigenvalue weighted by molar-refractivity contribution is 5.91. The Bertz CT molecular complexity index is 513. The first-order valence-corrected chi connectivity index (χ1v) is 6.82. The van der Waals surface area contributed by atoms with Crippen LogP contribution >= 0.6 is 0 Å². The summed E-state index contributed by atoms with van der Waals surface area (Å²) in [5, 5.41) is 6.23. The number of hydrogen-bond acceptors (Lipinski definition) is 4. The van der Waals surface area contributed by atoms with Crippen molar-refractivity contribution in [3.05, 3.63) is 23.3 Å². The summed E-state index contributed by atoms with van der Waals surface area (Å²) >= 11 is 0. The van der Waals surface area contributed by atoms with Gasteiger partial charge in [0.1, 0.15) is 5.75 Å². The molecule has 20 heavy (non-hydrogen) atoms. The normalized spacial score (nSPS) is 17.8. The van der Waals surface area contributed by atoms with Crippen molar-refractivity contribution < 1.29 is 14.3 Å². The van der Waals surface area contributed by atoms with Crippen molar-refractivity contribution in [3.63, 3.8) is 0 Å². The third-order valence-corrected chi connectivity index (χ3v) is 3.69. The molecule has 0 saturated carbocycles. The van der Waals surface area contributed by atoms with Gasteiger partial charge in [0.15, 0.2) is 0 Å². The molecule has 6 heteroatoms. The number of hydrogen-bond donors (Lipinski definition) is 2. The molecule has 0 aliphatic carbocycles. The average Bonchev–Trinajstić information content (AvgIpc) is 2.94. The lowest BCUT2D eigenvalue weighted by Gasteiger charge is -2.27. The molecule has 2 N–H and O–H groups in total. The molecule has 2 aliphatic rings. The molecule has 2 aliphatic heterocycles. The zero-order chi connectivity index (χ0) is 13.9. The van der Waals surface area contributed by atoms with Crippen LogP contribution in [0.1, 0.15) is 11.1 Å². The molecule has 0 aromatic heterocycles. The van der Waals surface area contributed by atoms with Crippen molar-refractivity contribution >= 4 is 11.7 Å². The van der Waals surface area contributed by atoms with Crippen LogP contribution < -0.4 is 15.4 Å². The fourth-order valence-corrected chi connectivity index (χ4v) is 2.55. The standard InChI is InChI=1S/C14H19N3O3/c1-19-13-7-11-9-15-8-10(11)6-12(13)16-14(18)17-2-4-20-5-3-17/h6-7,15H,2-5,8-9H2,1H3,(H,16,18). The molecule has 2 heterocycles. The Hall–Kier alpha value is -1.79. The summed E-state index contributed by atoms with van der Waals surface area (Å²) in [5.74, 6) is 0.703. The van der Waals surface area contributed by atoms with E-state index in [9.17, 15) is 4.79 Å². The van der Waals surface area contributed by atoms with E-state index in [4.69, 9.17) is 9.47 Å². The summed E-state index contributed by atoms with van der Waals surface area (Å²) in [6.45, 7) is 4.13. The summed E-state index contributed by atoms with van der Waals surface area (Å²) < 4.78 is 10.6. The largest absolute Gasteiger partial charge is 0.495 e. The van der Waals surface area contributed by atoms with Crippen molar-refractivity contribution in [1.29, 1.82) is 0 Å². The minimum atomic E-state index is -0.0995. The van der Waals surface area contributed by atoms with Crippen LogP contribution in [0.2, 0.25) is 0 Å². The maximum atomic E-state index is 12.2. The highest BCUT2D eigenvalue weighted by Gasteiger charge is 2.20. The van der Waals surface area contributed by atoms with Gasteiger partial charge in [0.05, 0.1) is 26.0 Å². The summed E-state index contributed by atoms with van der Waals surface area (Å²) in [4.78, 5) is 14.0. The second-order valence-corrected chi connectivity index (χ2v) is 4.95. The van der Waals surface area contributed by atoms with E-state index in [1.54, 1.807) is 12.0 Å². The molecule has 2 amide bonds. The molecular formula is C14H19N3O3. The number of rotatable bonds is 2. The number of carbonyl (C=O) groups is 1. The number of morpholine rings is 1. The lowest BCUT2D eigenvalue weighted by atomic mass is 10.1. The van der Waals surface area contributed by atoms with Gasteiger partial charge in [0.2, 0.25) is 0 Å². The molecule has 1 saturated heterocycles. The Morgan fingerprint density at radius 1 is 1.30 bits per heavy atom. The van der Waals surface area contributed by atoms with E-state index in [1.165, 1.54) is 11.1 Å². The SMILES string of the molecule is COc1cc2c(cc1NC(=O)N1CCOCC1)CNC2. The Morgan fingerprint density at radius 2 is 2.00 bits per heavy atom. The molecule has 1 fully saturated rings. The van der Waals surface area contributed by atoms with Gasteiger partial charge in [0, 0.05) is 26.2 Å². The maximum Gasteiger partial charge on any atom is 0.322 e. The molecule has 0 spiro atoms. The van der Waals surface area contributed by atoms with Crippen molar-refractivity contribution in [1.82, 2.24) is 10.2 Å². The molecule has 0 radical (unpaired) electrons. The number of nitrogens with one attached hydrogen (secondary N) is 2. The van der Waals surface area contributed by atoms with Crippen LogP contribution in [0.3, 0.4) is 0 Å². The molecule has 3 rings (SSSR count). The second-order valence-electron chi connectivity index (χ2n) is 4.95. The molecule has 6 nitrogen and oxygen atoms in total. The number of fused-ring (bicyclic) bond motifs is 1. The van der Waals surface area contributed by atoms with E-state index in [1.807, 2.05) is 12.1 Å². The number of benzene rings is 1. The summed E-state index contributed by atoms with van der Waals surface area (Å²) in [7, 11) is 1.62. The van der Waals surface area contributed by atoms with Crippen LogP contribution in [0.4, 0.5) is 10.5 Å². The maximum absolute atomic E-state index is 12.2. The van der Waals surface area contributed by atoms with Gasteiger partial charge in [-0.3, -0.25) is 0 Å². The molecule has 1 aromatic rings. The highest BCUT2D eigenvalue weighted by Crippen LogP contribution is 2.31. The zero-order valence-corrected chi connectivity index (χ0v) is 11.6. The summed E-state index contributed by atoms with van der Waals surface area (Å²) in [6.07, 6.45) is 0. The molecule has 1 aromatic carbocycles. The fourth-order valence-electron chi connectivity index (χ4n) is 2.55. The van der Waals surface area contributed by atoms with Crippen LogP contribution in [0.15, 0.2) is 12.1 Å². The van der Waals surface area contributed by atoms with Gasteiger partial charge in [-0.05, 0) is 23.3 Å². The molecule has 108 valence electrons. The van der Waals surface area contributed by atoms with Gasteiger partial charge < -0.3 is 25.0 Å². The smallest absolute Gasteiger partial charge is 0.322 e. The van der Waals surface area contributed by atoms with Crippen molar-refractivity contribution in [3.8, 4) is 5.75 Å². The van der Waals surface area contributed by atoms with Gasteiger partial charge in [-0.2, -0.15) is 0 Å². The molecular weight excluding hydrogens is 258 g/mol. The summed E-state index contributed by atoms with van der Waals surface area (Å²) in [6, 6.07) is 3.88. The number of methoxy groups -OCH3 is 1. The lowest BCUT2D eigenvalue weighted by Crippen LogP contribution is -2.43. The predicted molar refractivity (Wildman–Crippen MR) is 74.9 cm³/mol. The average molecular weight is 277 g/mol. The Balaban J connectivity index is 1.77. The highest BCUT2D eigenvalue weighted by atomic mass is 16.5. The fraction of sp³-hybridized carbons (Fsp3) is 0.500. The molecule has 0 bridgehead atoms. The number of carbonyl (C=O) groups excluding carboxylic acids is 1. The number of urea groups is 1. The first-order chi connectivity index (χ1) is 9.78. The summed E-state index contributed by atoms with van der Waals surface area (Å²) in [5.41, 5.74) is 3.17. The first kappa shape index (κ1) is 13.2. The third kappa shape index (κ3) is 2.57. The van der Waals surface area contributed by atoms with Gasteiger partial charge in [0.25, 0.3) is 0 Å². The van der Waals surface area contributed by atoms with E-state index in [0.717, 1.165) is 18.8 Å². The molecule has 0 atom stereocenters. The monoisotopic (exact) mass is 277 g/mol. The van der Waals surface area contributed by atoms with Crippen LogP contribution in [-0.2, 0) is 17.8 Å². The second kappa shape index (κ2) is 5.68. The first-order valence-electron chi connectivity index (χ1n) is 6.82. The van der Waals surface area contributed by atoms with E-state index < -0.39 is 0 Å². The number of anilines is 1. The topological polar surface area (TPSA) is 62.8 Å². The Morgan fingerprint density at radius 3 is 2.70 bits per heavy atom. The Kier molecular flexibility index (Phi) is 3.75. The van der Waals surface area contributed by atoms with Crippen LogP contribution in [0.5, 0.6) is 5.75 Å². The van der Waals surface area contributed by atoms with E-state index in [0.29, 0.717) is 32.1 Å². The third-order valence-electron chi connectivity index (χ3n) is 3.69. The van der Waals surface area contributed by atoms with E-state index in [-0.39, 0.29) is 6.03 Å². The van der Waals surface area contributed by atoms with Gasteiger partial charge >= 0.3 is 6.03 Å². The minimum Gasteiger partial charge on any atom is -0.495 e. The lowest BCUT2D eigenvalue weighted by molar-refractivity contribution is 0.0564. The van der Waals surface area contributed by atoms with Crippen molar-refractivity contribution in [2.75, 3.05) is 38.7 Å². The minimum absolute atomic E-state index is 0.0995. The van der Waals surface area contributed by atoms with Crippen LogP contribution in [0, 0.1) is 0 Å². The van der Waals surface area contributed by atoms with Gasteiger partial charge in [-0.1, -0.05) is 0 Å². The van der Waals surface area contributed by atoms with Crippen LogP contribution in [-0.4, -0.2) is 44.3 Å². The quantitative estimate of drug-likeness (QED) is 0.851. The van der Waals surface area contributed by atoms with Gasteiger partial charge in [-0.25, -0.2) is 4.79 Å². The zero-order valence-electron chi connectivity index (χ0n) is 11.6. The number of nitrogens with zero attached hydrogens (tertiary/aromatic N) is 1. The number of amides is 2. The molecule has 0 unspecified atom stereocenters. The van der Waals surface area contributed by atoms with Gasteiger partial charge in [-0.15, -0.1) is 0 Å². The van der Waals surface area contributed by atoms with E-state index >= 15 is 0 Å². The van der Waals surface area contributed by atoms with Crippen molar-refractivity contribution in [2.45, 2.75) is 13.1 Å². The predicted octanol–water partition coefficient (Wildman–Crippen LogP) is 1.16. The van der Waals surface area contributed by atoms with E-state index in [2.05, 4.69) is 10.6 Å².